The number of hydrogen-bond acceptors (Lipinski definition) is 12. The van der Waals surface area contributed by atoms with Crippen LogP contribution in [-0.2, 0) is 19.2 Å². The molecule has 0 radical (unpaired) electrons. The van der Waals surface area contributed by atoms with Crippen molar-refractivity contribution in [1.29, 1.82) is 0 Å². The molecule has 14 heteroatoms. The molecule has 6 N–H and O–H groups in total. The summed E-state index contributed by atoms with van der Waals surface area (Å²) in [5.41, 5.74) is 0. The van der Waals surface area contributed by atoms with Crippen molar-refractivity contribution >= 4 is 45.6 Å². The molecule has 0 aliphatic carbocycles. The van der Waals surface area contributed by atoms with Crippen LogP contribution in [0.1, 0.15) is 413 Å². The first-order valence-corrected chi connectivity index (χ1v) is 44.0. The smallest absolute Gasteiger partial charge is 0.243 e. The van der Waals surface area contributed by atoms with E-state index in [1.807, 2.05) is 0 Å². The van der Waals surface area contributed by atoms with Crippen LogP contribution in [0.2, 0.25) is 0 Å². The highest BCUT2D eigenvalue weighted by molar-refractivity contribution is 8.13. The average Bonchev–Trinajstić information content (AvgIpc) is 1.13. The number of hydrogen-bond donors (Lipinski definition) is 6. The van der Waals surface area contributed by atoms with E-state index in [1.165, 1.54) is 280 Å². The SMILES string of the molecule is CCCCCCCCCCCCCCC(O)CN(CCCCSC(=O)CCC1NC(=O)C(CCC(=O)SCCCCN(CC(O)CCCCCCCCCCCCCC)CC(O)CCCCCCCCCCCCCC)NC1=O)CC(O)CCCCCCCCCCCCCC. The molecule has 0 aromatic heterocycles. The minimum absolute atomic E-state index is 0.00718. The second-order valence-corrected chi connectivity index (χ2v) is 32.2. The van der Waals surface area contributed by atoms with Gasteiger partial charge in [-0.05, 0) is 77.3 Å². The number of nitrogens with one attached hydrogen (secondary N) is 2. The molecule has 1 saturated heterocycles. The maximum atomic E-state index is 13.2. The van der Waals surface area contributed by atoms with Crippen molar-refractivity contribution < 1.29 is 39.6 Å². The van der Waals surface area contributed by atoms with Crippen molar-refractivity contribution in [2.75, 3.05) is 50.8 Å². The topological polar surface area (TPSA) is 180 Å². The van der Waals surface area contributed by atoms with Gasteiger partial charge in [0.15, 0.2) is 10.2 Å². The van der Waals surface area contributed by atoms with Gasteiger partial charge in [-0.25, -0.2) is 0 Å². The number of rotatable bonds is 76. The summed E-state index contributed by atoms with van der Waals surface area (Å²) in [5, 5.41) is 50.3. The molecule has 0 spiro atoms. The zero-order chi connectivity index (χ0) is 69.8. The number of aliphatic hydroxyl groups excluding tert-OH is 4. The van der Waals surface area contributed by atoms with E-state index >= 15 is 0 Å². The lowest BCUT2D eigenvalue weighted by molar-refractivity contribution is -0.137. The minimum Gasteiger partial charge on any atom is -0.392 e. The van der Waals surface area contributed by atoms with Crippen LogP contribution >= 0.6 is 23.5 Å². The van der Waals surface area contributed by atoms with E-state index in [-0.39, 0.29) is 47.7 Å². The fourth-order valence-electron chi connectivity index (χ4n) is 14.0. The van der Waals surface area contributed by atoms with Gasteiger partial charge < -0.3 is 31.1 Å². The summed E-state index contributed by atoms with van der Waals surface area (Å²) >= 11 is 2.55. The first-order valence-electron chi connectivity index (χ1n) is 42.0. The Balaban J connectivity index is 2.50. The lowest BCUT2D eigenvalue weighted by atomic mass is 10.0. The number of amides is 2. The Morgan fingerprint density at radius 2 is 0.510 bits per heavy atom. The number of piperazine rings is 1. The summed E-state index contributed by atoms with van der Waals surface area (Å²) in [7, 11) is 0. The van der Waals surface area contributed by atoms with Crippen molar-refractivity contribution in [3.8, 4) is 0 Å². The van der Waals surface area contributed by atoms with Crippen LogP contribution < -0.4 is 10.6 Å². The van der Waals surface area contributed by atoms with Gasteiger partial charge in [-0.15, -0.1) is 0 Å². The van der Waals surface area contributed by atoms with Crippen LogP contribution in [0.25, 0.3) is 0 Å². The molecule has 0 aromatic carbocycles. The predicted octanol–water partition coefficient (Wildman–Crippen LogP) is 21.0. The molecule has 1 fully saturated rings. The zero-order valence-electron chi connectivity index (χ0n) is 63.7. The van der Waals surface area contributed by atoms with E-state index in [0.717, 1.165) is 116 Å². The first kappa shape index (κ1) is 92.8. The van der Waals surface area contributed by atoms with Gasteiger partial charge in [0.1, 0.15) is 12.1 Å². The molecule has 1 aliphatic rings. The van der Waals surface area contributed by atoms with Crippen LogP contribution in [0.4, 0.5) is 0 Å². The molecule has 1 rings (SSSR count). The van der Waals surface area contributed by atoms with Gasteiger partial charge in [0.25, 0.3) is 0 Å². The first-order chi connectivity index (χ1) is 46.9. The van der Waals surface area contributed by atoms with Crippen LogP contribution in [0.3, 0.4) is 0 Å². The van der Waals surface area contributed by atoms with Gasteiger partial charge in [-0.2, -0.15) is 0 Å². The standard InChI is InChI=1S/C82H160N4O8S2/c1-5-9-13-17-21-25-29-33-37-41-45-49-57-73(87)69-85(70-74(88)58-50-46-42-38-34-30-26-22-18-14-10-6-2)65-53-55-67-95-79(91)63-61-77-81(93)84-78(82(94)83-77)62-64-80(92)96-68-56-54-66-86(71-75(89)59-51-47-43-39-35-31-27-23-19-15-11-7-3)72-76(90)60-52-48-44-40-36-32-28-24-20-16-12-8-4/h73-78,87-90H,5-72H2,1-4H3,(H,83,94)(H,84,93). The highest BCUT2D eigenvalue weighted by atomic mass is 32.2. The van der Waals surface area contributed by atoms with Gasteiger partial charge in [-0.3, -0.25) is 29.0 Å². The molecule has 2 amide bonds. The summed E-state index contributed by atoms with van der Waals surface area (Å²) in [4.78, 5) is 56.9. The monoisotopic (exact) mass is 1390 g/mol. The molecule has 568 valence electrons. The predicted molar refractivity (Wildman–Crippen MR) is 415 cm³/mol. The molecule has 1 heterocycles. The van der Waals surface area contributed by atoms with Gasteiger partial charge in [-0.1, -0.05) is 359 Å². The number of nitrogens with zero attached hydrogens (tertiary/aromatic N) is 2. The van der Waals surface area contributed by atoms with Crippen LogP contribution in [-0.4, -0.2) is 140 Å². The van der Waals surface area contributed by atoms with E-state index in [0.29, 0.717) is 37.7 Å². The molecule has 0 saturated carbocycles. The van der Waals surface area contributed by atoms with Gasteiger partial charge in [0.05, 0.1) is 24.4 Å². The highest BCUT2D eigenvalue weighted by Gasteiger charge is 2.34. The molecule has 12 nitrogen and oxygen atoms in total. The van der Waals surface area contributed by atoms with Crippen LogP contribution in [0, 0.1) is 0 Å². The second kappa shape index (κ2) is 70.8. The number of unbranched alkanes of at least 4 members (excludes halogenated alkanes) is 46. The van der Waals surface area contributed by atoms with Crippen molar-refractivity contribution in [3.63, 3.8) is 0 Å². The van der Waals surface area contributed by atoms with E-state index in [4.69, 9.17) is 0 Å². The molecular formula is C82H160N4O8S2. The summed E-state index contributed by atoms with van der Waals surface area (Å²) in [6.07, 6.45) is 67.6. The van der Waals surface area contributed by atoms with Crippen molar-refractivity contribution in [2.45, 2.75) is 449 Å². The third-order valence-electron chi connectivity index (χ3n) is 20.2. The second-order valence-electron chi connectivity index (χ2n) is 29.9. The molecule has 6 unspecified atom stereocenters. The van der Waals surface area contributed by atoms with E-state index < -0.39 is 36.5 Å². The Morgan fingerprint density at radius 1 is 0.312 bits per heavy atom. The number of thioether (sulfide) groups is 2. The van der Waals surface area contributed by atoms with Crippen molar-refractivity contribution in [1.82, 2.24) is 20.4 Å². The Kier molecular flexibility index (Phi) is 68.4. The van der Waals surface area contributed by atoms with E-state index in [1.54, 1.807) is 0 Å². The third-order valence-corrected chi connectivity index (χ3v) is 22.3. The zero-order valence-corrected chi connectivity index (χ0v) is 65.3. The third kappa shape index (κ3) is 61.4. The highest BCUT2D eigenvalue weighted by Crippen LogP contribution is 2.22. The Morgan fingerprint density at radius 3 is 0.719 bits per heavy atom. The lowest BCUT2D eigenvalue weighted by Crippen LogP contribution is -2.61. The molecule has 0 aromatic rings. The lowest BCUT2D eigenvalue weighted by Gasteiger charge is -2.29. The molecular weight excluding hydrogens is 1230 g/mol. The Hall–Kier alpha value is -1.26. The fourth-order valence-corrected chi connectivity index (χ4v) is 15.6. The molecule has 1 aliphatic heterocycles. The van der Waals surface area contributed by atoms with Crippen molar-refractivity contribution in [2.24, 2.45) is 0 Å². The van der Waals surface area contributed by atoms with Gasteiger partial charge >= 0.3 is 0 Å². The Bertz CT molecular complexity index is 1530. The number of carbonyl (C=O) groups is 4. The largest absolute Gasteiger partial charge is 0.392 e. The number of carbonyl (C=O) groups excluding carboxylic acids is 4. The van der Waals surface area contributed by atoms with Gasteiger partial charge in [0.2, 0.25) is 11.8 Å². The van der Waals surface area contributed by atoms with Crippen molar-refractivity contribution in [3.05, 3.63) is 0 Å². The quantitative estimate of drug-likeness (QED) is 0.0318. The number of aliphatic hydroxyl groups is 4. The fraction of sp³-hybridized carbons (Fsp3) is 0.951. The summed E-state index contributed by atoms with van der Waals surface area (Å²) < 4.78 is 0. The maximum Gasteiger partial charge on any atom is 0.243 e. The van der Waals surface area contributed by atoms with Crippen LogP contribution in [0.15, 0.2) is 0 Å². The normalized spacial score (nSPS) is 15.6. The summed E-state index contributed by atoms with van der Waals surface area (Å²) in [5.74, 6) is 0.669. The minimum atomic E-state index is -0.787. The summed E-state index contributed by atoms with van der Waals surface area (Å²) in [6, 6.07) is -1.57. The summed E-state index contributed by atoms with van der Waals surface area (Å²) in [6.45, 7) is 12.8. The van der Waals surface area contributed by atoms with Crippen LogP contribution in [0.5, 0.6) is 0 Å². The maximum absolute atomic E-state index is 13.2. The van der Waals surface area contributed by atoms with E-state index in [9.17, 15) is 39.6 Å². The van der Waals surface area contributed by atoms with E-state index in [2.05, 4.69) is 48.1 Å². The van der Waals surface area contributed by atoms with Gasteiger partial charge in [0, 0.05) is 50.5 Å². The molecule has 6 atom stereocenters. The molecule has 0 bridgehead atoms. The Labute approximate surface area is 602 Å². The average molecular weight is 1390 g/mol. The molecule has 96 heavy (non-hydrogen) atoms.